The van der Waals surface area contributed by atoms with Crippen LogP contribution in [0.15, 0.2) is 89.8 Å². The van der Waals surface area contributed by atoms with Gasteiger partial charge in [-0.25, -0.2) is 13.2 Å². The average molecular weight is 393 g/mol. The lowest BCUT2D eigenvalue weighted by atomic mass is 10.0. The molecule has 3 aromatic rings. The number of sulfonamides is 1. The van der Waals surface area contributed by atoms with E-state index in [0.717, 1.165) is 11.1 Å². The highest BCUT2D eigenvalue weighted by Crippen LogP contribution is 2.27. The molecule has 3 rings (SSSR count). The summed E-state index contributed by atoms with van der Waals surface area (Å²) in [6.45, 7) is 0. The molecule has 0 amide bonds. The van der Waals surface area contributed by atoms with E-state index in [-0.39, 0.29) is 4.90 Å². The first-order chi connectivity index (χ1) is 13.5. The summed E-state index contributed by atoms with van der Waals surface area (Å²) in [5.41, 5.74) is 2.48. The Morgan fingerprint density at radius 2 is 1.54 bits per heavy atom. The number of carbonyl (C=O) groups excluding carboxylic acids is 1. The van der Waals surface area contributed by atoms with Crippen molar-refractivity contribution < 1.29 is 17.9 Å². The Morgan fingerprint density at radius 3 is 2.18 bits per heavy atom. The van der Waals surface area contributed by atoms with Gasteiger partial charge in [0.15, 0.2) is 0 Å². The van der Waals surface area contributed by atoms with Gasteiger partial charge in [-0.2, -0.15) is 0 Å². The van der Waals surface area contributed by atoms with Crippen LogP contribution in [-0.4, -0.2) is 21.5 Å². The van der Waals surface area contributed by atoms with E-state index in [1.807, 2.05) is 36.4 Å². The van der Waals surface area contributed by atoms with Crippen molar-refractivity contribution in [2.75, 3.05) is 11.8 Å². The standard InChI is InChI=1S/C22H19NO4S/c1-27-22(24)15-14-18-12-13-19(17-8-4-2-5-9-17)16-21(18)28(25,26)23-20-10-6-3-7-11-20/h2-16,23H,1H3/b15-14+. The highest BCUT2D eigenvalue weighted by molar-refractivity contribution is 7.92. The van der Waals surface area contributed by atoms with Crippen molar-refractivity contribution in [3.63, 3.8) is 0 Å². The number of benzene rings is 3. The van der Waals surface area contributed by atoms with Gasteiger partial charge in [0.25, 0.3) is 10.0 Å². The van der Waals surface area contributed by atoms with E-state index < -0.39 is 16.0 Å². The van der Waals surface area contributed by atoms with Crippen molar-refractivity contribution in [2.24, 2.45) is 0 Å². The van der Waals surface area contributed by atoms with E-state index >= 15 is 0 Å². The first-order valence-corrected chi connectivity index (χ1v) is 10.0. The highest BCUT2D eigenvalue weighted by atomic mass is 32.2. The summed E-state index contributed by atoms with van der Waals surface area (Å²) < 4.78 is 33.3. The van der Waals surface area contributed by atoms with Crippen LogP contribution in [0.5, 0.6) is 0 Å². The fraction of sp³-hybridized carbons (Fsp3) is 0.0455. The molecular weight excluding hydrogens is 374 g/mol. The van der Waals surface area contributed by atoms with Crippen molar-refractivity contribution in [1.82, 2.24) is 0 Å². The molecule has 0 bridgehead atoms. The summed E-state index contributed by atoms with van der Waals surface area (Å²) in [5.74, 6) is -0.563. The Bertz CT molecular complexity index is 1090. The summed E-state index contributed by atoms with van der Waals surface area (Å²) in [6, 6.07) is 23.2. The van der Waals surface area contributed by atoms with Gasteiger partial charge in [0.2, 0.25) is 0 Å². The van der Waals surface area contributed by atoms with E-state index in [4.69, 9.17) is 0 Å². The van der Waals surface area contributed by atoms with Crippen molar-refractivity contribution >= 4 is 27.8 Å². The van der Waals surface area contributed by atoms with Crippen molar-refractivity contribution in [2.45, 2.75) is 4.90 Å². The largest absolute Gasteiger partial charge is 0.466 e. The quantitative estimate of drug-likeness (QED) is 0.499. The maximum atomic E-state index is 13.1. The second-order valence-electron chi connectivity index (χ2n) is 5.95. The number of para-hydroxylation sites is 1. The third-order valence-corrected chi connectivity index (χ3v) is 5.47. The molecule has 0 fully saturated rings. The summed E-state index contributed by atoms with van der Waals surface area (Å²) in [7, 11) is -2.62. The van der Waals surface area contributed by atoms with Crippen molar-refractivity contribution in [1.29, 1.82) is 0 Å². The van der Waals surface area contributed by atoms with Crippen LogP contribution in [-0.2, 0) is 19.6 Å². The Hall–Kier alpha value is -3.38. The van der Waals surface area contributed by atoms with Gasteiger partial charge in [0.05, 0.1) is 12.0 Å². The molecule has 0 atom stereocenters. The van der Waals surface area contributed by atoms with Crippen LogP contribution in [0.25, 0.3) is 17.2 Å². The van der Waals surface area contributed by atoms with Crippen molar-refractivity contribution in [3.8, 4) is 11.1 Å². The molecule has 0 spiro atoms. The summed E-state index contributed by atoms with van der Waals surface area (Å²) in [5, 5.41) is 0. The summed E-state index contributed by atoms with van der Waals surface area (Å²) in [6.07, 6.45) is 2.62. The maximum absolute atomic E-state index is 13.1. The zero-order chi connectivity index (χ0) is 20.0. The number of methoxy groups -OCH3 is 1. The lowest BCUT2D eigenvalue weighted by Crippen LogP contribution is -2.14. The number of nitrogens with one attached hydrogen (secondary N) is 1. The third-order valence-electron chi connectivity index (χ3n) is 4.04. The van der Waals surface area contributed by atoms with Crippen LogP contribution in [0.2, 0.25) is 0 Å². The van der Waals surface area contributed by atoms with Crippen LogP contribution in [0.4, 0.5) is 5.69 Å². The van der Waals surface area contributed by atoms with Crippen molar-refractivity contribution in [3.05, 3.63) is 90.5 Å². The third kappa shape index (κ3) is 4.66. The number of ether oxygens (including phenoxy) is 1. The molecule has 0 aliphatic carbocycles. The zero-order valence-electron chi connectivity index (χ0n) is 15.2. The van der Waals surface area contributed by atoms with E-state index in [9.17, 15) is 13.2 Å². The molecule has 0 unspecified atom stereocenters. The normalized spacial score (nSPS) is 11.3. The molecule has 1 N–H and O–H groups in total. The second kappa shape index (κ2) is 8.54. The number of rotatable bonds is 6. The van der Waals surface area contributed by atoms with Gasteiger partial charge < -0.3 is 4.74 Å². The minimum Gasteiger partial charge on any atom is -0.466 e. The van der Waals surface area contributed by atoms with Gasteiger partial charge >= 0.3 is 5.97 Å². The molecule has 28 heavy (non-hydrogen) atoms. The van der Waals surface area contributed by atoms with E-state index in [1.165, 1.54) is 19.3 Å². The Kier molecular flexibility index (Phi) is 5.91. The van der Waals surface area contributed by atoms with Crippen LogP contribution in [0.3, 0.4) is 0 Å². The minimum absolute atomic E-state index is 0.0675. The molecule has 0 heterocycles. The molecular formula is C22H19NO4S. The number of hydrogen-bond acceptors (Lipinski definition) is 4. The maximum Gasteiger partial charge on any atom is 0.330 e. The molecule has 5 nitrogen and oxygen atoms in total. The molecule has 0 saturated carbocycles. The predicted octanol–water partition coefficient (Wildman–Crippen LogP) is 4.34. The summed E-state index contributed by atoms with van der Waals surface area (Å²) >= 11 is 0. The number of esters is 1. The SMILES string of the molecule is COC(=O)/C=C/c1ccc(-c2ccccc2)cc1S(=O)(=O)Nc1ccccc1. The van der Waals surface area contributed by atoms with Gasteiger partial charge in [-0.3, -0.25) is 4.72 Å². The topological polar surface area (TPSA) is 72.5 Å². The average Bonchev–Trinajstić information content (AvgIpc) is 2.73. The number of hydrogen-bond donors (Lipinski definition) is 1. The molecule has 0 aromatic heterocycles. The Balaban J connectivity index is 2.08. The van der Waals surface area contributed by atoms with Gasteiger partial charge in [-0.05, 0) is 41.0 Å². The van der Waals surface area contributed by atoms with Crippen LogP contribution >= 0.6 is 0 Å². The van der Waals surface area contributed by atoms with Gasteiger partial charge in [0, 0.05) is 11.8 Å². The Labute approximate surface area is 164 Å². The molecule has 0 saturated heterocycles. The lowest BCUT2D eigenvalue weighted by Gasteiger charge is -2.13. The smallest absolute Gasteiger partial charge is 0.330 e. The first-order valence-electron chi connectivity index (χ1n) is 8.53. The lowest BCUT2D eigenvalue weighted by molar-refractivity contribution is -0.134. The monoisotopic (exact) mass is 393 g/mol. The minimum atomic E-state index is -3.88. The molecule has 0 aliphatic heterocycles. The van der Waals surface area contributed by atoms with Gasteiger partial charge in [-0.1, -0.05) is 60.7 Å². The highest BCUT2D eigenvalue weighted by Gasteiger charge is 2.19. The fourth-order valence-electron chi connectivity index (χ4n) is 2.66. The van der Waals surface area contributed by atoms with Crippen LogP contribution < -0.4 is 4.72 Å². The van der Waals surface area contributed by atoms with E-state index in [2.05, 4.69) is 9.46 Å². The Morgan fingerprint density at radius 1 is 0.893 bits per heavy atom. The van der Waals surface area contributed by atoms with Gasteiger partial charge in [0.1, 0.15) is 0 Å². The predicted molar refractivity (Wildman–Crippen MR) is 110 cm³/mol. The van der Waals surface area contributed by atoms with Crippen LogP contribution in [0, 0.1) is 0 Å². The molecule has 6 heteroatoms. The van der Waals surface area contributed by atoms with Crippen LogP contribution in [0.1, 0.15) is 5.56 Å². The number of carbonyl (C=O) groups is 1. The van der Waals surface area contributed by atoms with E-state index in [1.54, 1.807) is 42.5 Å². The number of anilines is 1. The fourth-order valence-corrected chi connectivity index (χ4v) is 3.94. The molecule has 0 aliphatic rings. The summed E-state index contributed by atoms with van der Waals surface area (Å²) in [4.78, 5) is 11.5. The first kappa shape index (κ1) is 19.4. The molecule has 3 aromatic carbocycles. The molecule has 0 radical (unpaired) electrons. The van der Waals surface area contributed by atoms with E-state index in [0.29, 0.717) is 11.3 Å². The molecule has 142 valence electrons. The van der Waals surface area contributed by atoms with Gasteiger partial charge in [-0.15, -0.1) is 0 Å². The zero-order valence-corrected chi connectivity index (χ0v) is 16.0. The second-order valence-corrected chi connectivity index (χ2v) is 7.60.